The predicted molar refractivity (Wildman–Crippen MR) is 270 cm³/mol. The topological polar surface area (TPSA) is 191 Å². The van der Waals surface area contributed by atoms with Crippen LogP contribution >= 0.6 is 0 Å². The lowest BCUT2D eigenvalue weighted by molar-refractivity contribution is 0.627. The number of aromatic amines is 4. The number of nitrogen functional groups attached to an aromatic ring is 1. The second-order valence-corrected chi connectivity index (χ2v) is 16.4. The maximum absolute atomic E-state index is 13.5. The van der Waals surface area contributed by atoms with Crippen LogP contribution in [0, 0.1) is 11.6 Å². The number of H-pyrrole nitrogens is 4. The van der Waals surface area contributed by atoms with Gasteiger partial charge in [-0.2, -0.15) is 10.2 Å². The van der Waals surface area contributed by atoms with Crippen LogP contribution in [0.25, 0.3) is 107 Å². The first kappa shape index (κ1) is 43.9. The zero-order valence-electron chi connectivity index (χ0n) is 37.6. The van der Waals surface area contributed by atoms with Gasteiger partial charge in [-0.15, -0.1) is 0 Å². The minimum Gasteiger partial charge on any atom is -0.397 e. The van der Waals surface area contributed by atoms with Gasteiger partial charge in [-0.1, -0.05) is 19.6 Å². The maximum atomic E-state index is 13.5. The summed E-state index contributed by atoms with van der Waals surface area (Å²) < 4.78 is 26.9. The van der Waals surface area contributed by atoms with Gasteiger partial charge >= 0.3 is 0 Å². The van der Waals surface area contributed by atoms with Crippen molar-refractivity contribution >= 4 is 56.1 Å². The van der Waals surface area contributed by atoms with E-state index in [0.717, 1.165) is 136 Å². The first-order valence-corrected chi connectivity index (χ1v) is 22.3. The number of nitrogens with two attached hydrogens (primary N) is 1. The number of hydrogen-bond acceptors (Lipinski definition) is 9. The fourth-order valence-corrected chi connectivity index (χ4v) is 8.28. The molecule has 0 aliphatic rings. The number of halogens is 2. The zero-order valence-corrected chi connectivity index (χ0v) is 37.6. The van der Waals surface area contributed by atoms with Gasteiger partial charge in [0.15, 0.2) is 0 Å². The van der Waals surface area contributed by atoms with Crippen molar-refractivity contribution < 1.29 is 8.78 Å². The van der Waals surface area contributed by atoms with Crippen LogP contribution in [0.4, 0.5) is 14.5 Å². The maximum Gasteiger partial charge on any atom is 0.123 e. The molecule has 340 valence electrons. The third-order valence-corrected chi connectivity index (χ3v) is 11.7. The highest BCUT2D eigenvalue weighted by Crippen LogP contribution is 2.34. The lowest BCUT2D eigenvalue weighted by Crippen LogP contribution is -2.23. The summed E-state index contributed by atoms with van der Waals surface area (Å²) in [6.45, 7) is 10.0. The van der Waals surface area contributed by atoms with Gasteiger partial charge in [0.25, 0.3) is 0 Å². The Labute approximate surface area is 394 Å². The third kappa shape index (κ3) is 9.13. The van der Waals surface area contributed by atoms with Gasteiger partial charge in [-0.3, -0.25) is 35.1 Å². The number of fused-ring (bicyclic) bond motifs is 3. The second kappa shape index (κ2) is 19.1. The molecule has 7 N–H and O–H groups in total. The van der Waals surface area contributed by atoms with Gasteiger partial charge in [0.05, 0.1) is 51.2 Å². The number of hydrogen-bond donors (Lipinski definition) is 6. The van der Waals surface area contributed by atoms with Crippen molar-refractivity contribution in [2.24, 2.45) is 0 Å². The van der Waals surface area contributed by atoms with Gasteiger partial charge in [0.2, 0.25) is 0 Å². The van der Waals surface area contributed by atoms with Crippen molar-refractivity contribution in [2.45, 2.75) is 26.8 Å². The number of rotatable bonds is 11. The average Bonchev–Trinajstić information content (AvgIpc) is 4.19. The quantitative estimate of drug-likeness (QED) is 0.0686. The van der Waals surface area contributed by atoms with Gasteiger partial charge < -0.3 is 21.0 Å². The molecule has 69 heavy (non-hydrogen) atoms. The Morgan fingerprint density at radius 1 is 0.652 bits per heavy atom. The molecule has 15 heteroatoms. The van der Waals surface area contributed by atoms with Crippen molar-refractivity contribution in [3.05, 3.63) is 174 Å². The summed E-state index contributed by atoms with van der Waals surface area (Å²) in [5.41, 5.74) is 20.2. The van der Waals surface area contributed by atoms with E-state index in [4.69, 9.17) is 5.73 Å². The van der Waals surface area contributed by atoms with Crippen LogP contribution in [-0.4, -0.2) is 61.8 Å². The summed E-state index contributed by atoms with van der Waals surface area (Å²) >= 11 is 0. The molecular weight excluding hydrogens is 869 g/mol. The Kier molecular flexibility index (Phi) is 12.2. The molecule has 9 aromatic heterocycles. The monoisotopic (exact) mass is 913 g/mol. The SMILES string of the molecule is C=C(/C=c1/c(-c2cc3c(-c4ccc(F)cc4)nccc3[nH]2)n[nH]/c1=C/C)c1cncc(N)c1.CCCNCc1cncc(-c2cc3c(-c4cc5c(-c6ccc(F)cc6)nccc5[nH]4)n[nH]c3cn2)c1. The number of nitrogens with zero attached hydrogens (tertiary/aromatic N) is 7. The Morgan fingerprint density at radius 3 is 1.91 bits per heavy atom. The number of pyridine rings is 5. The molecule has 9 heterocycles. The molecule has 13 nitrogen and oxygen atoms in total. The number of aromatic nitrogens is 11. The van der Waals surface area contributed by atoms with E-state index >= 15 is 0 Å². The van der Waals surface area contributed by atoms with Crippen LogP contribution in [0.1, 0.15) is 31.4 Å². The van der Waals surface area contributed by atoms with E-state index < -0.39 is 0 Å². The van der Waals surface area contributed by atoms with Crippen molar-refractivity contribution in [2.75, 3.05) is 12.3 Å². The van der Waals surface area contributed by atoms with Crippen LogP contribution in [0.15, 0.2) is 141 Å². The Bertz CT molecular complexity index is 3770. The molecule has 2 aromatic carbocycles. The third-order valence-electron chi connectivity index (χ3n) is 11.7. The predicted octanol–water partition coefficient (Wildman–Crippen LogP) is 9.90. The first-order chi connectivity index (χ1) is 33.7. The van der Waals surface area contributed by atoms with Crippen LogP contribution < -0.4 is 21.6 Å². The minimum absolute atomic E-state index is 0.272. The van der Waals surface area contributed by atoms with Crippen LogP contribution in [0.2, 0.25) is 0 Å². The number of benzene rings is 2. The van der Waals surface area contributed by atoms with Crippen molar-refractivity contribution in [3.63, 3.8) is 0 Å². The number of allylic oxidation sites excluding steroid dienone is 1. The summed E-state index contributed by atoms with van der Waals surface area (Å²) in [5, 5.41) is 23.3. The van der Waals surface area contributed by atoms with Crippen LogP contribution in [0.3, 0.4) is 0 Å². The summed E-state index contributed by atoms with van der Waals surface area (Å²) in [6.07, 6.45) is 17.3. The highest BCUT2D eigenvalue weighted by Gasteiger charge is 2.17. The van der Waals surface area contributed by atoms with Crippen molar-refractivity contribution in [3.8, 4) is 56.5 Å². The van der Waals surface area contributed by atoms with Crippen molar-refractivity contribution in [1.29, 1.82) is 0 Å². The highest BCUT2D eigenvalue weighted by molar-refractivity contribution is 6.01. The Hall–Kier alpha value is -8.95. The molecule has 0 aliphatic heterocycles. The Morgan fingerprint density at radius 2 is 1.28 bits per heavy atom. The lowest BCUT2D eigenvalue weighted by Gasteiger charge is -2.06. The molecular formula is C54H45F2N13. The number of nitrogens with one attached hydrogen (secondary N) is 5. The number of anilines is 1. The minimum atomic E-state index is -0.281. The summed E-state index contributed by atoms with van der Waals surface area (Å²) in [5.74, 6) is -0.553. The first-order valence-electron chi connectivity index (χ1n) is 22.3. The van der Waals surface area contributed by atoms with Gasteiger partial charge in [0.1, 0.15) is 23.0 Å². The largest absolute Gasteiger partial charge is 0.397 e. The molecule has 11 aromatic rings. The fourth-order valence-electron chi connectivity index (χ4n) is 8.28. The average molecular weight is 914 g/mol. The molecule has 0 bridgehead atoms. The van der Waals surface area contributed by atoms with E-state index in [2.05, 4.69) is 80.2 Å². The molecule has 0 atom stereocenters. The smallest absolute Gasteiger partial charge is 0.123 e. The van der Waals surface area contributed by atoms with Gasteiger partial charge in [-0.05, 0) is 128 Å². The molecule has 0 radical (unpaired) electrons. The highest BCUT2D eigenvalue weighted by atomic mass is 19.1. The molecule has 0 amide bonds. The van der Waals surface area contributed by atoms with Gasteiger partial charge in [-0.25, -0.2) is 8.78 Å². The summed E-state index contributed by atoms with van der Waals surface area (Å²) in [6, 6.07) is 26.6. The Balaban J connectivity index is 0.000000161. The summed E-state index contributed by atoms with van der Waals surface area (Å²) in [7, 11) is 0. The molecule has 0 aliphatic carbocycles. The second-order valence-electron chi connectivity index (χ2n) is 16.4. The molecule has 11 rings (SSSR count). The van der Waals surface area contributed by atoms with E-state index in [0.29, 0.717) is 5.69 Å². The molecule has 0 saturated heterocycles. The van der Waals surface area contributed by atoms with E-state index in [1.165, 1.54) is 24.3 Å². The summed E-state index contributed by atoms with van der Waals surface area (Å²) in [4.78, 5) is 29.2. The van der Waals surface area contributed by atoms with E-state index in [-0.39, 0.29) is 11.6 Å². The zero-order chi connectivity index (χ0) is 47.4. The van der Waals surface area contributed by atoms with E-state index in [9.17, 15) is 8.78 Å². The normalized spacial score (nSPS) is 12.0. The van der Waals surface area contributed by atoms with E-state index in [1.807, 2.05) is 67.9 Å². The van der Waals surface area contributed by atoms with Gasteiger partial charge in [0, 0.05) is 98.4 Å². The molecule has 0 saturated carbocycles. The van der Waals surface area contributed by atoms with Crippen molar-refractivity contribution in [1.82, 2.24) is 60.6 Å². The van der Waals surface area contributed by atoms with Crippen LogP contribution in [-0.2, 0) is 6.54 Å². The van der Waals surface area contributed by atoms with Crippen LogP contribution in [0.5, 0.6) is 0 Å². The lowest BCUT2D eigenvalue weighted by atomic mass is 10.1. The fraction of sp³-hybridized carbons (Fsp3) is 0.0926. The standard InChI is InChI=1S/C28H24FN7.C26H21FN6/c1-2-8-30-13-17-10-19(15-31-14-17)24-11-22-26(16-33-24)35-36-28(22)25-12-21-23(34-25)7-9-32-27(21)18-3-5-20(29)6-4-18;1-3-22-20(10-15(2)17-11-19(28)14-29-13-17)26(33-32-22)24-12-21-23(31-24)8-9-30-25(21)16-4-6-18(27)7-5-16/h3-7,9-12,14-16,30,34H,2,8,13H2,1H3,(H,35,36);3-14,31-32H,2,28H2,1H3/b;20-10+,22-3+. The molecule has 0 unspecified atom stereocenters. The van der Waals surface area contributed by atoms with E-state index in [1.54, 1.807) is 55.2 Å². The molecule has 0 fully saturated rings. The molecule has 0 spiro atoms.